The number of nitrogens with one attached hydrogen (secondary N) is 1. The minimum atomic E-state index is 0.552. The highest BCUT2D eigenvalue weighted by molar-refractivity contribution is 5.27. The van der Waals surface area contributed by atoms with E-state index in [4.69, 9.17) is 4.74 Å². The van der Waals surface area contributed by atoms with E-state index in [0.29, 0.717) is 12.6 Å². The molecule has 0 aliphatic carbocycles. The van der Waals surface area contributed by atoms with Gasteiger partial charge >= 0.3 is 0 Å². The van der Waals surface area contributed by atoms with Gasteiger partial charge in [-0.25, -0.2) is 0 Å². The Bertz CT molecular complexity index is 533. The van der Waals surface area contributed by atoms with Crippen LogP contribution in [-0.2, 0) is 19.6 Å². The van der Waals surface area contributed by atoms with Gasteiger partial charge in [-0.2, -0.15) is 5.10 Å². The second kappa shape index (κ2) is 7.84. The van der Waals surface area contributed by atoms with E-state index in [-0.39, 0.29) is 0 Å². The molecular weight excluding hydrogens is 262 g/mol. The predicted octanol–water partition coefficient (Wildman–Crippen LogP) is 3.02. The number of nitrogens with zero attached hydrogens (tertiary/aromatic N) is 2. The molecule has 114 valence electrons. The summed E-state index contributed by atoms with van der Waals surface area (Å²) in [6, 6.07) is 8.93. The summed E-state index contributed by atoms with van der Waals surface area (Å²) in [4.78, 5) is 0. The van der Waals surface area contributed by atoms with E-state index in [9.17, 15) is 0 Å². The second-order valence-corrected chi connectivity index (χ2v) is 5.37. The summed E-state index contributed by atoms with van der Waals surface area (Å²) in [5, 5.41) is 7.50. The SMILES string of the molecule is CCn1cc(COc2ccc(CCC(C)NC)cc2)cn1. The zero-order valence-corrected chi connectivity index (χ0v) is 13.2. The molecule has 1 atom stereocenters. The molecule has 4 heteroatoms. The summed E-state index contributed by atoms with van der Waals surface area (Å²) in [6.07, 6.45) is 6.11. The summed E-state index contributed by atoms with van der Waals surface area (Å²) in [5.74, 6) is 0.907. The molecule has 1 N–H and O–H groups in total. The summed E-state index contributed by atoms with van der Waals surface area (Å²) in [7, 11) is 2.00. The van der Waals surface area contributed by atoms with Gasteiger partial charge in [0, 0.05) is 24.3 Å². The van der Waals surface area contributed by atoms with Crippen LogP contribution in [0.15, 0.2) is 36.7 Å². The molecule has 21 heavy (non-hydrogen) atoms. The van der Waals surface area contributed by atoms with Crippen LogP contribution in [0.5, 0.6) is 5.75 Å². The van der Waals surface area contributed by atoms with Gasteiger partial charge in [-0.15, -0.1) is 0 Å². The first-order valence-corrected chi connectivity index (χ1v) is 7.61. The third kappa shape index (κ3) is 4.90. The molecule has 0 aliphatic rings. The summed E-state index contributed by atoms with van der Waals surface area (Å²) in [6.45, 7) is 5.73. The van der Waals surface area contributed by atoms with Gasteiger partial charge in [-0.3, -0.25) is 4.68 Å². The van der Waals surface area contributed by atoms with E-state index in [1.165, 1.54) is 5.56 Å². The first-order chi connectivity index (χ1) is 10.2. The van der Waals surface area contributed by atoms with Crippen LogP contribution in [0.25, 0.3) is 0 Å². The lowest BCUT2D eigenvalue weighted by atomic mass is 10.1. The maximum absolute atomic E-state index is 5.79. The van der Waals surface area contributed by atoms with Gasteiger partial charge in [0.15, 0.2) is 0 Å². The van der Waals surface area contributed by atoms with Crippen molar-refractivity contribution < 1.29 is 4.74 Å². The molecule has 0 amide bonds. The number of aromatic nitrogens is 2. The van der Waals surface area contributed by atoms with Crippen LogP contribution in [0, 0.1) is 0 Å². The molecule has 1 aromatic heterocycles. The monoisotopic (exact) mass is 287 g/mol. The average molecular weight is 287 g/mol. The Morgan fingerprint density at radius 3 is 2.62 bits per heavy atom. The molecule has 1 unspecified atom stereocenters. The van der Waals surface area contributed by atoms with Gasteiger partial charge in [0.2, 0.25) is 0 Å². The molecular formula is C17H25N3O. The van der Waals surface area contributed by atoms with Crippen molar-refractivity contribution in [3.05, 3.63) is 47.8 Å². The van der Waals surface area contributed by atoms with Crippen molar-refractivity contribution in [2.45, 2.75) is 45.9 Å². The molecule has 1 heterocycles. The van der Waals surface area contributed by atoms with Crippen LogP contribution < -0.4 is 10.1 Å². The number of rotatable bonds is 8. The summed E-state index contributed by atoms with van der Waals surface area (Å²) in [5.41, 5.74) is 2.45. The molecule has 0 radical (unpaired) electrons. The lowest BCUT2D eigenvalue weighted by Gasteiger charge is -2.10. The van der Waals surface area contributed by atoms with Gasteiger partial charge in [0.1, 0.15) is 12.4 Å². The minimum Gasteiger partial charge on any atom is -0.489 e. The molecule has 0 aliphatic heterocycles. The predicted molar refractivity (Wildman–Crippen MR) is 85.5 cm³/mol. The number of benzene rings is 1. The van der Waals surface area contributed by atoms with E-state index in [1.54, 1.807) is 0 Å². The number of hydrogen-bond acceptors (Lipinski definition) is 3. The van der Waals surface area contributed by atoms with Gasteiger partial charge in [0.25, 0.3) is 0 Å². The Morgan fingerprint density at radius 2 is 2.00 bits per heavy atom. The molecule has 0 saturated heterocycles. The smallest absolute Gasteiger partial charge is 0.119 e. The zero-order chi connectivity index (χ0) is 15.1. The fraction of sp³-hybridized carbons (Fsp3) is 0.471. The topological polar surface area (TPSA) is 39.1 Å². The van der Waals surface area contributed by atoms with Gasteiger partial charge in [-0.1, -0.05) is 12.1 Å². The fourth-order valence-electron chi connectivity index (χ4n) is 2.10. The van der Waals surface area contributed by atoms with Crippen LogP contribution in [-0.4, -0.2) is 22.9 Å². The molecule has 1 aromatic carbocycles. The Labute approximate surface area is 127 Å². The molecule has 0 fully saturated rings. The highest BCUT2D eigenvalue weighted by atomic mass is 16.5. The number of hydrogen-bond donors (Lipinski definition) is 1. The maximum atomic E-state index is 5.79. The van der Waals surface area contributed by atoms with Crippen molar-refractivity contribution in [3.63, 3.8) is 0 Å². The first kappa shape index (κ1) is 15.6. The Kier molecular flexibility index (Phi) is 5.81. The van der Waals surface area contributed by atoms with Crippen molar-refractivity contribution in [2.75, 3.05) is 7.05 Å². The molecule has 0 saturated carbocycles. The van der Waals surface area contributed by atoms with E-state index in [2.05, 4.69) is 36.4 Å². The maximum Gasteiger partial charge on any atom is 0.119 e. The van der Waals surface area contributed by atoms with Crippen LogP contribution >= 0.6 is 0 Å². The largest absolute Gasteiger partial charge is 0.489 e. The van der Waals surface area contributed by atoms with E-state index in [0.717, 1.165) is 30.7 Å². The van der Waals surface area contributed by atoms with Crippen LogP contribution in [0.3, 0.4) is 0 Å². The minimum absolute atomic E-state index is 0.552. The second-order valence-electron chi connectivity index (χ2n) is 5.37. The van der Waals surface area contributed by atoms with Crippen molar-refractivity contribution in [2.24, 2.45) is 0 Å². The van der Waals surface area contributed by atoms with E-state index < -0.39 is 0 Å². The highest BCUT2D eigenvalue weighted by Crippen LogP contribution is 2.15. The van der Waals surface area contributed by atoms with Crippen molar-refractivity contribution in [1.82, 2.24) is 15.1 Å². The van der Waals surface area contributed by atoms with Gasteiger partial charge in [0.05, 0.1) is 6.20 Å². The summed E-state index contributed by atoms with van der Waals surface area (Å²) < 4.78 is 7.69. The average Bonchev–Trinajstić information content (AvgIpc) is 2.99. The van der Waals surface area contributed by atoms with Gasteiger partial charge in [-0.05, 0) is 51.4 Å². The molecule has 0 bridgehead atoms. The van der Waals surface area contributed by atoms with E-state index in [1.807, 2.05) is 36.3 Å². The van der Waals surface area contributed by atoms with Crippen LogP contribution in [0.1, 0.15) is 31.4 Å². The first-order valence-electron chi connectivity index (χ1n) is 7.61. The molecule has 2 rings (SSSR count). The van der Waals surface area contributed by atoms with Gasteiger partial charge < -0.3 is 10.1 Å². The normalized spacial score (nSPS) is 12.3. The fourth-order valence-corrected chi connectivity index (χ4v) is 2.10. The number of aryl methyl sites for hydroxylation is 2. The lowest BCUT2D eigenvalue weighted by Crippen LogP contribution is -2.21. The zero-order valence-electron chi connectivity index (χ0n) is 13.2. The van der Waals surface area contributed by atoms with Crippen LogP contribution in [0.2, 0.25) is 0 Å². The third-order valence-corrected chi connectivity index (χ3v) is 3.70. The van der Waals surface area contributed by atoms with Crippen LogP contribution in [0.4, 0.5) is 0 Å². The van der Waals surface area contributed by atoms with Crippen molar-refractivity contribution >= 4 is 0 Å². The van der Waals surface area contributed by atoms with Crippen molar-refractivity contribution in [1.29, 1.82) is 0 Å². The quantitative estimate of drug-likeness (QED) is 0.811. The highest BCUT2D eigenvalue weighted by Gasteiger charge is 2.02. The molecule has 0 spiro atoms. The van der Waals surface area contributed by atoms with Crippen molar-refractivity contribution in [3.8, 4) is 5.75 Å². The molecule has 2 aromatic rings. The Morgan fingerprint density at radius 1 is 1.24 bits per heavy atom. The lowest BCUT2D eigenvalue weighted by molar-refractivity contribution is 0.306. The standard InChI is InChI=1S/C17H25N3O/c1-4-20-12-16(11-19-20)13-21-17-9-7-15(8-10-17)6-5-14(2)18-3/h7-12,14,18H,4-6,13H2,1-3H3. The molecule has 4 nitrogen and oxygen atoms in total. The number of ether oxygens (including phenoxy) is 1. The van der Waals surface area contributed by atoms with E-state index >= 15 is 0 Å². The summed E-state index contributed by atoms with van der Waals surface area (Å²) >= 11 is 0. The third-order valence-electron chi connectivity index (χ3n) is 3.70. The Balaban J connectivity index is 1.81. The Hall–Kier alpha value is -1.81.